The molecule has 0 saturated carbocycles. The van der Waals surface area contributed by atoms with Gasteiger partial charge >= 0.3 is 0 Å². The number of nitrogen functional groups attached to an aromatic ring is 1. The van der Waals surface area contributed by atoms with Crippen LogP contribution in [0.3, 0.4) is 0 Å². The zero-order valence-corrected chi connectivity index (χ0v) is 10.8. The first-order valence-electron chi connectivity index (χ1n) is 6.01. The quantitative estimate of drug-likeness (QED) is 0.602. The first-order chi connectivity index (χ1) is 10.2. The average molecular weight is 289 g/mol. The molecule has 0 bridgehead atoms. The van der Waals surface area contributed by atoms with E-state index in [1.165, 1.54) is 6.21 Å². The predicted molar refractivity (Wildman–Crippen MR) is 70.7 cm³/mol. The molecule has 0 atom stereocenters. The number of ether oxygens (including phenoxy) is 2. The van der Waals surface area contributed by atoms with E-state index < -0.39 is 0 Å². The van der Waals surface area contributed by atoms with Gasteiger partial charge in [0.15, 0.2) is 17.3 Å². The second-order valence-electron chi connectivity index (χ2n) is 4.18. The molecule has 2 heterocycles. The van der Waals surface area contributed by atoms with E-state index >= 15 is 0 Å². The fourth-order valence-corrected chi connectivity index (χ4v) is 1.70. The number of nitrogens with zero attached hydrogens (tertiary/aromatic N) is 3. The standard InChI is InChI=1S/C12H11N5O4/c13-12-8(16-21-17-12)4-11(18)15-14-5-7-1-2-9-10(3-7)20-6-19-9/h1-3,5H,4,6H2,(H2,13,17)(H,15,18)/b14-5-. The average Bonchev–Trinajstić information content (AvgIpc) is 3.08. The first kappa shape index (κ1) is 12.9. The SMILES string of the molecule is Nc1nonc1CC(=O)N/N=C\c1ccc2c(c1)OCO2. The van der Waals surface area contributed by atoms with Gasteiger partial charge in [-0.2, -0.15) is 5.10 Å². The molecule has 1 aromatic heterocycles. The predicted octanol–water partition coefficient (Wildman–Crippen LogP) is 0.0733. The van der Waals surface area contributed by atoms with Gasteiger partial charge in [-0.3, -0.25) is 4.79 Å². The fraction of sp³-hybridized carbons (Fsp3) is 0.167. The van der Waals surface area contributed by atoms with Crippen molar-refractivity contribution in [2.75, 3.05) is 12.5 Å². The number of hydrazone groups is 1. The van der Waals surface area contributed by atoms with E-state index in [0.29, 0.717) is 11.5 Å². The number of hydrogen-bond donors (Lipinski definition) is 2. The van der Waals surface area contributed by atoms with E-state index in [0.717, 1.165) is 5.56 Å². The Morgan fingerprint density at radius 1 is 1.38 bits per heavy atom. The van der Waals surface area contributed by atoms with Gasteiger partial charge in [-0.25, -0.2) is 10.1 Å². The number of carbonyl (C=O) groups excluding carboxylic acids is 1. The van der Waals surface area contributed by atoms with Crippen molar-refractivity contribution in [3.8, 4) is 11.5 Å². The number of anilines is 1. The molecular formula is C12H11N5O4. The molecule has 1 aliphatic rings. The van der Waals surface area contributed by atoms with E-state index in [-0.39, 0.29) is 30.6 Å². The molecule has 9 heteroatoms. The molecule has 108 valence electrons. The Morgan fingerprint density at radius 3 is 3.05 bits per heavy atom. The molecule has 0 saturated heterocycles. The van der Waals surface area contributed by atoms with Gasteiger partial charge in [0.05, 0.1) is 12.6 Å². The van der Waals surface area contributed by atoms with Gasteiger partial charge in [0.1, 0.15) is 5.69 Å². The highest BCUT2D eigenvalue weighted by Crippen LogP contribution is 2.31. The van der Waals surface area contributed by atoms with Gasteiger partial charge in [0.25, 0.3) is 0 Å². The summed E-state index contributed by atoms with van der Waals surface area (Å²) in [4.78, 5) is 11.6. The highest BCUT2D eigenvalue weighted by molar-refractivity contribution is 5.84. The summed E-state index contributed by atoms with van der Waals surface area (Å²) in [6.07, 6.45) is 1.43. The van der Waals surface area contributed by atoms with Crippen molar-refractivity contribution in [2.45, 2.75) is 6.42 Å². The molecule has 0 aliphatic carbocycles. The minimum Gasteiger partial charge on any atom is -0.454 e. The second kappa shape index (κ2) is 5.49. The number of carbonyl (C=O) groups is 1. The smallest absolute Gasteiger partial charge is 0.246 e. The molecule has 1 aromatic carbocycles. The lowest BCUT2D eigenvalue weighted by Crippen LogP contribution is -2.20. The van der Waals surface area contributed by atoms with Crippen LogP contribution in [-0.4, -0.2) is 29.2 Å². The van der Waals surface area contributed by atoms with Crippen LogP contribution < -0.4 is 20.6 Å². The largest absolute Gasteiger partial charge is 0.454 e. The number of nitrogens with one attached hydrogen (secondary N) is 1. The van der Waals surface area contributed by atoms with Gasteiger partial charge < -0.3 is 15.2 Å². The molecule has 2 aromatic rings. The molecule has 1 aliphatic heterocycles. The Kier molecular flexibility index (Phi) is 3.37. The third-order valence-electron chi connectivity index (χ3n) is 2.71. The lowest BCUT2D eigenvalue weighted by molar-refractivity contribution is -0.120. The molecule has 3 N–H and O–H groups in total. The summed E-state index contributed by atoms with van der Waals surface area (Å²) in [6, 6.07) is 5.33. The van der Waals surface area contributed by atoms with Crippen molar-refractivity contribution in [2.24, 2.45) is 5.10 Å². The van der Waals surface area contributed by atoms with Crippen LogP contribution >= 0.6 is 0 Å². The van der Waals surface area contributed by atoms with Crippen LogP contribution in [0.2, 0.25) is 0 Å². The third-order valence-corrected chi connectivity index (χ3v) is 2.71. The summed E-state index contributed by atoms with van der Waals surface area (Å²) in [5.74, 6) is 1.04. The number of amides is 1. The maximum atomic E-state index is 11.6. The van der Waals surface area contributed by atoms with Crippen LogP contribution in [0.25, 0.3) is 0 Å². The summed E-state index contributed by atoms with van der Waals surface area (Å²) in [7, 11) is 0. The molecule has 0 radical (unpaired) electrons. The number of fused-ring (bicyclic) bond motifs is 1. The van der Waals surface area contributed by atoms with Crippen molar-refractivity contribution in [3.05, 3.63) is 29.5 Å². The van der Waals surface area contributed by atoms with Gasteiger partial charge in [-0.15, -0.1) is 0 Å². The molecule has 1 amide bonds. The van der Waals surface area contributed by atoms with Crippen LogP contribution in [-0.2, 0) is 11.2 Å². The van der Waals surface area contributed by atoms with Crippen LogP contribution in [0, 0.1) is 0 Å². The number of hydrogen-bond acceptors (Lipinski definition) is 8. The van der Waals surface area contributed by atoms with Gasteiger partial charge in [0, 0.05) is 0 Å². The van der Waals surface area contributed by atoms with Crippen LogP contribution in [0.4, 0.5) is 5.82 Å². The summed E-state index contributed by atoms with van der Waals surface area (Å²) in [5, 5.41) is 10.7. The van der Waals surface area contributed by atoms with E-state index in [9.17, 15) is 4.79 Å². The van der Waals surface area contributed by atoms with Crippen LogP contribution in [0.5, 0.6) is 11.5 Å². The lowest BCUT2D eigenvalue weighted by atomic mass is 10.2. The number of rotatable bonds is 4. The van der Waals surface area contributed by atoms with Crippen molar-refractivity contribution in [1.29, 1.82) is 0 Å². The van der Waals surface area contributed by atoms with E-state index in [4.69, 9.17) is 15.2 Å². The lowest BCUT2D eigenvalue weighted by Gasteiger charge is -1.98. The molecular weight excluding hydrogens is 278 g/mol. The number of aromatic nitrogens is 2. The zero-order valence-electron chi connectivity index (χ0n) is 10.8. The molecule has 21 heavy (non-hydrogen) atoms. The third kappa shape index (κ3) is 2.91. The number of benzene rings is 1. The fourth-order valence-electron chi connectivity index (χ4n) is 1.70. The minimum absolute atomic E-state index is 0.0617. The number of nitrogens with two attached hydrogens (primary N) is 1. The summed E-state index contributed by atoms with van der Waals surface area (Å²) in [5.41, 5.74) is 8.84. The van der Waals surface area contributed by atoms with Gasteiger partial charge in [-0.1, -0.05) is 5.16 Å². The van der Waals surface area contributed by atoms with E-state index in [1.54, 1.807) is 18.2 Å². The summed E-state index contributed by atoms with van der Waals surface area (Å²) >= 11 is 0. The topological polar surface area (TPSA) is 125 Å². The van der Waals surface area contributed by atoms with E-state index in [1.807, 2.05) is 0 Å². The zero-order chi connectivity index (χ0) is 14.7. The molecule has 9 nitrogen and oxygen atoms in total. The van der Waals surface area contributed by atoms with E-state index in [2.05, 4.69) is 25.5 Å². The normalized spacial score (nSPS) is 12.8. The monoisotopic (exact) mass is 289 g/mol. The van der Waals surface area contributed by atoms with Crippen molar-refractivity contribution in [3.63, 3.8) is 0 Å². The van der Waals surface area contributed by atoms with Crippen LogP contribution in [0.15, 0.2) is 27.9 Å². The van der Waals surface area contributed by atoms with Crippen molar-refractivity contribution < 1.29 is 18.9 Å². The molecule has 0 spiro atoms. The molecule has 0 unspecified atom stereocenters. The maximum Gasteiger partial charge on any atom is 0.246 e. The second-order valence-corrected chi connectivity index (χ2v) is 4.18. The summed E-state index contributed by atoms with van der Waals surface area (Å²) in [6.45, 7) is 0.208. The maximum absolute atomic E-state index is 11.6. The van der Waals surface area contributed by atoms with Gasteiger partial charge in [-0.05, 0) is 28.9 Å². The highest BCUT2D eigenvalue weighted by Gasteiger charge is 2.13. The molecule has 0 fully saturated rings. The van der Waals surface area contributed by atoms with Gasteiger partial charge in [0.2, 0.25) is 12.7 Å². The highest BCUT2D eigenvalue weighted by atomic mass is 16.7. The minimum atomic E-state index is -0.380. The summed E-state index contributed by atoms with van der Waals surface area (Å²) < 4.78 is 14.8. The Morgan fingerprint density at radius 2 is 2.24 bits per heavy atom. The van der Waals surface area contributed by atoms with Crippen molar-refractivity contribution in [1.82, 2.24) is 15.7 Å². The Bertz CT molecular complexity index is 697. The Hall–Kier alpha value is -3.10. The first-order valence-corrected chi connectivity index (χ1v) is 6.01. The molecule has 3 rings (SSSR count). The Labute approximate surface area is 118 Å². The van der Waals surface area contributed by atoms with Crippen LogP contribution in [0.1, 0.15) is 11.3 Å². The Balaban J connectivity index is 1.57. The van der Waals surface area contributed by atoms with Crippen molar-refractivity contribution >= 4 is 17.9 Å².